The van der Waals surface area contributed by atoms with E-state index in [9.17, 15) is 9.59 Å². The van der Waals surface area contributed by atoms with Crippen LogP contribution in [0.1, 0.15) is 46.7 Å². The van der Waals surface area contributed by atoms with Crippen molar-refractivity contribution in [2.24, 2.45) is 14.1 Å². The number of rotatable bonds is 5. The maximum absolute atomic E-state index is 12.8. The highest BCUT2D eigenvalue weighted by Crippen LogP contribution is 2.22. The number of carbonyl (C=O) groups excluding carboxylic acids is 2. The molecule has 0 bridgehead atoms. The smallest absolute Gasteiger partial charge is 0.354 e. The molecule has 1 unspecified atom stereocenters. The molecule has 1 atom stereocenters. The molecule has 1 aliphatic heterocycles. The number of esters is 1. The highest BCUT2D eigenvalue weighted by atomic mass is 16.5. The molecule has 3 heterocycles. The number of likely N-dealkylation sites (tertiary alicyclic amines) is 1. The Hall–Kier alpha value is -2.50. The minimum atomic E-state index is -0.316. The van der Waals surface area contributed by atoms with Gasteiger partial charge in [0.15, 0.2) is 0 Å². The van der Waals surface area contributed by atoms with Crippen LogP contribution in [0.5, 0.6) is 0 Å². The summed E-state index contributed by atoms with van der Waals surface area (Å²) >= 11 is 0. The van der Waals surface area contributed by atoms with Crippen molar-refractivity contribution in [2.45, 2.75) is 31.7 Å². The van der Waals surface area contributed by atoms with Gasteiger partial charge in [0, 0.05) is 45.5 Å². The molecule has 3 rings (SSSR count). The minimum absolute atomic E-state index is 0.0611. The van der Waals surface area contributed by atoms with Crippen molar-refractivity contribution >= 4 is 11.9 Å². The molecule has 1 saturated heterocycles. The largest absolute Gasteiger partial charge is 0.461 e. The fraction of sp³-hybridized carbons (Fsp3) is 0.474. The summed E-state index contributed by atoms with van der Waals surface area (Å²) in [6, 6.07) is 7.42. The lowest BCUT2D eigenvalue weighted by Crippen LogP contribution is -2.44. The van der Waals surface area contributed by atoms with Gasteiger partial charge in [0.1, 0.15) is 11.4 Å². The standard InChI is InChI=1S/C19H25N3O3/c1-20-11-5-8-16(20)18(23)22-13-4-3-7-15(22)10-14-25-19(24)17-9-6-12-21(17)2/h5-6,8-9,11-12,15H,3-4,7,10,13-14H2,1-2H3. The molecule has 0 spiro atoms. The third-order valence-electron chi connectivity index (χ3n) is 4.89. The van der Waals surface area contributed by atoms with Gasteiger partial charge in [0.05, 0.1) is 6.61 Å². The molecular weight excluding hydrogens is 318 g/mol. The van der Waals surface area contributed by atoms with Crippen molar-refractivity contribution in [1.29, 1.82) is 0 Å². The number of nitrogens with zero attached hydrogens (tertiary/aromatic N) is 3. The molecule has 0 saturated carbocycles. The molecule has 6 heteroatoms. The van der Waals surface area contributed by atoms with Gasteiger partial charge in [-0.3, -0.25) is 4.79 Å². The molecule has 134 valence electrons. The van der Waals surface area contributed by atoms with Crippen molar-refractivity contribution in [1.82, 2.24) is 14.0 Å². The Kier molecular flexibility index (Phi) is 5.26. The molecule has 0 aliphatic carbocycles. The molecule has 1 amide bonds. The van der Waals surface area contributed by atoms with Crippen molar-refractivity contribution < 1.29 is 14.3 Å². The maximum Gasteiger partial charge on any atom is 0.354 e. The van der Waals surface area contributed by atoms with E-state index < -0.39 is 0 Å². The Bertz CT molecular complexity index is 747. The van der Waals surface area contributed by atoms with Gasteiger partial charge in [-0.15, -0.1) is 0 Å². The Morgan fingerprint density at radius 3 is 2.40 bits per heavy atom. The van der Waals surface area contributed by atoms with E-state index in [-0.39, 0.29) is 17.9 Å². The quantitative estimate of drug-likeness (QED) is 0.784. The van der Waals surface area contributed by atoms with Gasteiger partial charge in [-0.2, -0.15) is 0 Å². The predicted octanol–water partition coefficient (Wildman–Crippen LogP) is 2.61. The van der Waals surface area contributed by atoms with Gasteiger partial charge in [-0.05, 0) is 43.5 Å². The summed E-state index contributed by atoms with van der Waals surface area (Å²) in [6.07, 6.45) is 7.46. The molecule has 2 aromatic heterocycles. The number of piperidine rings is 1. The third kappa shape index (κ3) is 3.78. The van der Waals surface area contributed by atoms with E-state index in [1.165, 1.54) is 0 Å². The third-order valence-corrected chi connectivity index (χ3v) is 4.89. The van der Waals surface area contributed by atoms with E-state index in [1.54, 1.807) is 10.6 Å². The van der Waals surface area contributed by atoms with Crippen LogP contribution in [0.15, 0.2) is 36.7 Å². The Labute approximate surface area is 148 Å². The first-order valence-electron chi connectivity index (χ1n) is 8.78. The summed E-state index contributed by atoms with van der Waals surface area (Å²) in [4.78, 5) is 26.8. The van der Waals surface area contributed by atoms with Crippen LogP contribution < -0.4 is 0 Å². The van der Waals surface area contributed by atoms with Crippen LogP contribution in [-0.2, 0) is 18.8 Å². The monoisotopic (exact) mass is 343 g/mol. The Morgan fingerprint density at radius 2 is 1.76 bits per heavy atom. The lowest BCUT2D eigenvalue weighted by atomic mass is 9.99. The van der Waals surface area contributed by atoms with Crippen molar-refractivity contribution in [2.75, 3.05) is 13.2 Å². The first-order valence-corrected chi connectivity index (χ1v) is 8.78. The summed E-state index contributed by atoms with van der Waals surface area (Å²) in [5, 5.41) is 0. The summed E-state index contributed by atoms with van der Waals surface area (Å²) in [5.41, 5.74) is 1.24. The van der Waals surface area contributed by atoms with Crippen molar-refractivity contribution in [3.8, 4) is 0 Å². The fourth-order valence-electron chi connectivity index (χ4n) is 3.43. The lowest BCUT2D eigenvalue weighted by Gasteiger charge is -2.35. The molecule has 1 fully saturated rings. The molecule has 0 aromatic carbocycles. The fourth-order valence-corrected chi connectivity index (χ4v) is 3.43. The van der Waals surface area contributed by atoms with E-state index in [2.05, 4.69) is 0 Å². The average molecular weight is 343 g/mol. The summed E-state index contributed by atoms with van der Waals surface area (Å²) in [7, 11) is 3.70. The van der Waals surface area contributed by atoms with Gasteiger partial charge in [-0.25, -0.2) is 4.79 Å². The van der Waals surface area contributed by atoms with Crippen LogP contribution in [0.2, 0.25) is 0 Å². The van der Waals surface area contributed by atoms with Crippen LogP contribution in [0.4, 0.5) is 0 Å². The molecule has 0 N–H and O–H groups in total. The second-order valence-corrected chi connectivity index (χ2v) is 6.58. The molecule has 1 aliphatic rings. The van der Waals surface area contributed by atoms with Crippen LogP contribution in [0.3, 0.4) is 0 Å². The molecular formula is C19H25N3O3. The van der Waals surface area contributed by atoms with E-state index in [0.717, 1.165) is 25.8 Å². The van der Waals surface area contributed by atoms with Gasteiger partial charge in [-0.1, -0.05) is 0 Å². The zero-order valence-electron chi connectivity index (χ0n) is 14.9. The van der Waals surface area contributed by atoms with Crippen LogP contribution in [-0.4, -0.2) is 45.1 Å². The summed E-state index contributed by atoms with van der Waals surface area (Å²) < 4.78 is 9.00. The second kappa shape index (κ2) is 7.59. The molecule has 2 aromatic rings. The van der Waals surface area contributed by atoms with Crippen LogP contribution in [0.25, 0.3) is 0 Å². The average Bonchev–Trinajstić information content (AvgIpc) is 3.23. The first kappa shape index (κ1) is 17.3. The zero-order chi connectivity index (χ0) is 17.8. The highest BCUT2D eigenvalue weighted by Gasteiger charge is 2.28. The van der Waals surface area contributed by atoms with Crippen LogP contribution in [0, 0.1) is 0 Å². The molecule has 6 nitrogen and oxygen atoms in total. The molecule has 0 radical (unpaired) electrons. The van der Waals surface area contributed by atoms with E-state index in [0.29, 0.717) is 24.4 Å². The topological polar surface area (TPSA) is 56.5 Å². The predicted molar refractivity (Wildman–Crippen MR) is 94.4 cm³/mol. The summed E-state index contributed by atoms with van der Waals surface area (Å²) in [5.74, 6) is -0.255. The zero-order valence-corrected chi connectivity index (χ0v) is 14.9. The van der Waals surface area contributed by atoms with Crippen LogP contribution >= 0.6 is 0 Å². The lowest BCUT2D eigenvalue weighted by molar-refractivity contribution is 0.0398. The number of aromatic nitrogens is 2. The number of aryl methyl sites for hydroxylation is 2. The van der Waals surface area contributed by atoms with Gasteiger partial charge >= 0.3 is 5.97 Å². The molecule has 25 heavy (non-hydrogen) atoms. The Balaban J connectivity index is 1.58. The van der Waals surface area contributed by atoms with Crippen molar-refractivity contribution in [3.05, 3.63) is 48.0 Å². The van der Waals surface area contributed by atoms with Crippen molar-refractivity contribution in [3.63, 3.8) is 0 Å². The van der Waals surface area contributed by atoms with Gasteiger partial charge in [0.25, 0.3) is 5.91 Å². The van der Waals surface area contributed by atoms with E-state index in [1.807, 2.05) is 54.2 Å². The maximum atomic E-state index is 12.8. The number of hydrogen-bond donors (Lipinski definition) is 0. The highest BCUT2D eigenvalue weighted by molar-refractivity contribution is 5.93. The first-order chi connectivity index (χ1) is 12.1. The summed E-state index contributed by atoms with van der Waals surface area (Å²) in [6.45, 7) is 1.09. The van der Waals surface area contributed by atoms with Gasteiger partial charge < -0.3 is 18.8 Å². The second-order valence-electron chi connectivity index (χ2n) is 6.58. The normalized spacial score (nSPS) is 17.5. The van der Waals surface area contributed by atoms with Gasteiger partial charge in [0.2, 0.25) is 0 Å². The number of amides is 1. The number of carbonyl (C=O) groups is 2. The number of ether oxygens (including phenoxy) is 1. The minimum Gasteiger partial charge on any atom is -0.461 e. The van der Waals surface area contributed by atoms with E-state index >= 15 is 0 Å². The Morgan fingerprint density at radius 1 is 1.08 bits per heavy atom. The number of hydrogen-bond acceptors (Lipinski definition) is 3. The SMILES string of the molecule is Cn1cccc1C(=O)OCCC1CCCCN1C(=O)c1cccn1C. The van der Waals surface area contributed by atoms with E-state index in [4.69, 9.17) is 4.74 Å².